The molecule has 0 aliphatic heterocycles. The molecule has 2 rings (SSSR count). The predicted molar refractivity (Wildman–Crippen MR) is 101 cm³/mol. The molecule has 0 heterocycles. The zero-order chi connectivity index (χ0) is 18.3. The third-order valence-corrected chi connectivity index (χ3v) is 4.23. The van der Waals surface area contributed by atoms with Crippen molar-refractivity contribution in [3.05, 3.63) is 71.8 Å². The number of hydroxylamine groups is 2. The monoisotopic (exact) mass is 353 g/mol. The van der Waals surface area contributed by atoms with Gasteiger partial charge < -0.3 is 4.74 Å². The second-order valence-electron chi connectivity index (χ2n) is 6.72. The van der Waals surface area contributed by atoms with Gasteiger partial charge in [0.1, 0.15) is 20.7 Å². The van der Waals surface area contributed by atoms with E-state index in [0.29, 0.717) is 5.06 Å². The van der Waals surface area contributed by atoms with E-state index < -0.39 is 20.2 Å². The SMILES string of the molecule is C[Si](C)(C)C#CC(c1ccccc1)N(O)C(=O)OCc1ccccc1. The molecule has 130 valence electrons. The van der Waals surface area contributed by atoms with Crippen LogP contribution in [0.3, 0.4) is 0 Å². The second-order valence-corrected chi connectivity index (χ2v) is 11.5. The van der Waals surface area contributed by atoms with Crippen LogP contribution in [-0.4, -0.2) is 24.4 Å². The summed E-state index contributed by atoms with van der Waals surface area (Å²) in [5, 5.41) is 11.0. The van der Waals surface area contributed by atoms with Gasteiger partial charge >= 0.3 is 6.09 Å². The fraction of sp³-hybridized carbons (Fsp3) is 0.250. The van der Waals surface area contributed by atoms with E-state index in [1.54, 1.807) is 0 Å². The molecule has 0 aromatic heterocycles. The highest BCUT2D eigenvalue weighted by molar-refractivity contribution is 6.83. The fourth-order valence-corrected chi connectivity index (χ4v) is 2.67. The normalized spacial score (nSPS) is 11.8. The summed E-state index contributed by atoms with van der Waals surface area (Å²) in [4.78, 5) is 12.3. The Morgan fingerprint density at radius 1 is 1.08 bits per heavy atom. The van der Waals surface area contributed by atoms with E-state index in [2.05, 4.69) is 31.1 Å². The third-order valence-electron chi connectivity index (χ3n) is 3.34. The molecule has 5 heteroatoms. The molecule has 0 spiro atoms. The van der Waals surface area contributed by atoms with Gasteiger partial charge in [0, 0.05) is 0 Å². The van der Waals surface area contributed by atoms with E-state index in [0.717, 1.165) is 11.1 Å². The van der Waals surface area contributed by atoms with Crippen LogP contribution in [0.2, 0.25) is 19.6 Å². The van der Waals surface area contributed by atoms with Crippen molar-refractivity contribution >= 4 is 14.2 Å². The van der Waals surface area contributed by atoms with Gasteiger partial charge in [0.2, 0.25) is 0 Å². The number of hydrogen-bond donors (Lipinski definition) is 1. The highest BCUT2D eigenvalue weighted by Crippen LogP contribution is 2.20. The second kappa shape index (κ2) is 8.52. The minimum atomic E-state index is -1.66. The van der Waals surface area contributed by atoms with Crippen LogP contribution in [0.5, 0.6) is 0 Å². The number of ether oxygens (including phenoxy) is 1. The van der Waals surface area contributed by atoms with Crippen molar-refractivity contribution in [3.8, 4) is 11.5 Å². The minimum absolute atomic E-state index is 0.0969. The van der Waals surface area contributed by atoms with Gasteiger partial charge in [-0.15, -0.1) is 5.54 Å². The molecular formula is C20H23NO3Si. The third kappa shape index (κ3) is 6.11. The van der Waals surface area contributed by atoms with E-state index in [-0.39, 0.29) is 6.61 Å². The number of amides is 1. The van der Waals surface area contributed by atoms with Gasteiger partial charge in [-0.3, -0.25) is 5.21 Å². The lowest BCUT2D eigenvalue weighted by Gasteiger charge is -2.22. The molecule has 1 amide bonds. The number of benzene rings is 2. The first-order valence-corrected chi connectivity index (χ1v) is 11.6. The molecule has 0 aliphatic carbocycles. The average Bonchev–Trinajstić information content (AvgIpc) is 2.60. The van der Waals surface area contributed by atoms with Crippen molar-refractivity contribution in [1.29, 1.82) is 0 Å². The largest absolute Gasteiger partial charge is 0.443 e. The van der Waals surface area contributed by atoms with Gasteiger partial charge in [-0.25, -0.2) is 4.79 Å². The number of carbonyl (C=O) groups is 1. The summed E-state index contributed by atoms with van der Waals surface area (Å²) in [5.41, 5.74) is 4.81. The summed E-state index contributed by atoms with van der Waals surface area (Å²) >= 11 is 0. The van der Waals surface area contributed by atoms with Crippen molar-refractivity contribution in [2.45, 2.75) is 32.3 Å². The molecule has 0 fully saturated rings. The lowest BCUT2D eigenvalue weighted by atomic mass is 10.1. The van der Waals surface area contributed by atoms with Gasteiger partial charge in [0.25, 0.3) is 0 Å². The van der Waals surface area contributed by atoms with Gasteiger partial charge in [0.15, 0.2) is 0 Å². The van der Waals surface area contributed by atoms with Crippen LogP contribution in [0.1, 0.15) is 17.2 Å². The van der Waals surface area contributed by atoms with Crippen LogP contribution in [0, 0.1) is 11.5 Å². The van der Waals surface area contributed by atoms with E-state index >= 15 is 0 Å². The molecule has 1 unspecified atom stereocenters. The number of carbonyl (C=O) groups excluding carboxylic acids is 1. The number of rotatable bonds is 4. The first kappa shape index (κ1) is 18.8. The Labute approximate surface area is 150 Å². The van der Waals surface area contributed by atoms with Gasteiger partial charge in [-0.05, 0) is 11.1 Å². The molecule has 0 saturated heterocycles. The molecule has 2 aromatic carbocycles. The smallest absolute Gasteiger partial charge is 0.435 e. The van der Waals surface area contributed by atoms with Crippen LogP contribution >= 0.6 is 0 Å². The van der Waals surface area contributed by atoms with Gasteiger partial charge in [-0.1, -0.05) is 86.2 Å². The summed E-state index contributed by atoms with van der Waals surface area (Å²) in [5.74, 6) is 3.04. The van der Waals surface area contributed by atoms with Crippen LogP contribution in [0.4, 0.5) is 4.79 Å². The molecule has 1 atom stereocenters. The molecule has 25 heavy (non-hydrogen) atoms. The summed E-state index contributed by atoms with van der Waals surface area (Å²) in [6, 6.07) is 17.8. The summed E-state index contributed by atoms with van der Waals surface area (Å²) in [7, 11) is -1.66. The van der Waals surface area contributed by atoms with Crippen molar-refractivity contribution in [2.75, 3.05) is 0 Å². The zero-order valence-corrected chi connectivity index (χ0v) is 15.8. The van der Waals surface area contributed by atoms with Gasteiger partial charge in [0.05, 0.1) is 0 Å². The van der Waals surface area contributed by atoms with Crippen LogP contribution in [0.15, 0.2) is 60.7 Å². The molecule has 4 nitrogen and oxygen atoms in total. The van der Waals surface area contributed by atoms with E-state index in [1.807, 2.05) is 60.7 Å². The fourth-order valence-electron chi connectivity index (χ4n) is 2.10. The average molecular weight is 353 g/mol. The Balaban J connectivity index is 2.15. The molecular weight excluding hydrogens is 330 g/mol. The standard InChI is InChI=1S/C20H23NO3Si/c1-25(2,3)15-14-19(18-12-8-5-9-13-18)21(23)20(22)24-16-17-10-6-4-7-11-17/h4-13,19,23H,16H2,1-3H3. The Kier molecular flexibility index (Phi) is 6.40. The summed E-state index contributed by atoms with van der Waals surface area (Å²) in [6.45, 7) is 6.42. The highest BCUT2D eigenvalue weighted by atomic mass is 28.3. The van der Waals surface area contributed by atoms with Crippen LogP contribution < -0.4 is 0 Å². The Bertz CT molecular complexity index is 745. The number of nitrogens with zero attached hydrogens (tertiary/aromatic N) is 1. The highest BCUT2D eigenvalue weighted by Gasteiger charge is 2.24. The molecule has 0 radical (unpaired) electrons. The van der Waals surface area contributed by atoms with E-state index in [4.69, 9.17) is 4.74 Å². The first-order chi connectivity index (χ1) is 11.9. The summed E-state index contributed by atoms with van der Waals surface area (Å²) in [6.07, 6.45) is -0.817. The van der Waals surface area contributed by atoms with E-state index in [9.17, 15) is 10.0 Å². The zero-order valence-electron chi connectivity index (χ0n) is 14.8. The first-order valence-electron chi connectivity index (χ1n) is 8.13. The predicted octanol–water partition coefficient (Wildman–Crippen LogP) is 4.64. The lowest BCUT2D eigenvalue weighted by Crippen LogP contribution is -2.32. The topological polar surface area (TPSA) is 49.8 Å². The minimum Gasteiger partial charge on any atom is -0.443 e. The van der Waals surface area contributed by atoms with Crippen LogP contribution in [-0.2, 0) is 11.3 Å². The maximum absolute atomic E-state index is 12.3. The summed E-state index contributed by atoms with van der Waals surface area (Å²) < 4.78 is 5.20. The molecule has 0 saturated carbocycles. The molecule has 0 bridgehead atoms. The Morgan fingerprint density at radius 2 is 1.64 bits per heavy atom. The lowest BCUT2D eigenvalue weighted by molar-refractivity contribution is -0.0935. The molecule has 0 aliphatic rings. The maximum Gasteiger partial charge on any atom is 0.435 e. The van der Waals surface area contributed by atoms with E-state index in [1.165, 1.54) is 0 Å². The molecule has 2 aromatic rings. The Morgan fingerprint density at radius 3 is 2.20 bits per heavy atom. The van der Waals surface area contributed by atoms with Gasteiger partial charge in [-0.2, -0.15) is 5.06 Å². The van der Waals surface area contributed by atoms with Crippen molar-refractivity contribution in [1.82, 2.24) is 5.06 Å². The van der Waals surface area contributed by atoms with Crippen molar-refractivity contribution in [2.24, 2.45) is 0 Å². The number of hydrogen-bond acceptors (Lipinski definition) is 3. The van der Waals surface area contributed by atoms with Crippen molar-refractivity contribution < 1.29 is 14.7 Å². The quantitative estimate of drug-likeness (QED) is 0.377. The van der Waals surface area contributed by atoms with Crippen molar-refractivity contribution in [3.63, 3.8) is 0 Å². The van der Waals surface area contributed by atoms with Crippen LogP contribution in [0.25, 0.3) is 0 Å². The Hall–Kier alpha value is -2.55. The molecule has 1 N–H and O–H groups in total. The maximum atomic E-state index is 12.3.